The fraction of sp³-hybridized carbons (Fsp3) is 0.0968. The molecule has 0 saturated carbocycles. The number of aromatic amines is 3. The Balaban J connectivity index is 1.21. The zero-order valence-electron chi connectivity index (χ0n) is 26.2. The van der Waals surface area contributed by atoms with E-state index in [-0.39, 0.29) is 34.5 Å². The molecule has 0 aliphatic carbocycles. The molecule has 2 aromatic carbocycles. The molecule has 6 rings (SSSR count). The van der Waals surface area contributed by atoms with Gasteiger partial charge in [-0.25, -0.2) is 29.8 Å². The average molecular weight is 717 g/mol. The van der Waals surface area contributed by atoms with Crippen molar-refractivity contribution in [1.82, 2.24) is 50.3 Å². The van der Waals surface area contributed by atoms with Crippen molar-refractivity contribution in [2.75, 3.05) is 7.11 Å². The number of aromatic nitrogens is 10. The molecule has 0 aliphatic heterocycles. The quantitative estimate of drug-likeness (QED) is 0.134. The van der Waals surface area contributed by atoms with Crippen molar-refractivity contribution in [2.24, 2.45) is 7.05 Å². The highest BCUT2D eigenvalue weighted by Gasteiger charge is 2.32. The standard InChI is InChI=1S/C31H19F3N10O8/c1-44-14-20(37-24(44)10-5-16-11-17(7-8-21(16)49-2)50-27-25(29(45)46)38-42-40-27)19-13-35-23(36-19)9-4-15-3-6-18(12-22(15)52-31(32,33)34)51-28-26(30(47)48)39-43-41-28/h3,6-8,11-14H,1-2H3,(H,35,36)(H,45,46)(H,47,48)(H,38,40,42)(H,39,41,43). The van der Waals surface area contributed by atoms with Crippen molar-refractivity contribution in [3.63, 3.8) is 0 Å². The summed E-state index contributed by atoms with van der Waals surface area (Å²) in [5.74, 6) is 7.70. The second kappa shape index (κ2) is 14.0. The molecule has 0 aliphatic rings. The van der Waals surface area contributed by atoms with E-state index in [1.54, 1.807) is 23.9 Å². The number of imidazole rings is 2. The van der Waals surface area contributed by atoms with Crippen LogP contribution in [-0.2, 0) is 7.05 Å². The highest BCUT2D eigenvalue weighted by molar-refractivity contribution is 5.88. The van der Waals surface area contributed by atoms with E-state index in [9.17, 15) is 27.9 Å². The minimum Gasteiger partial charge on any atom is -0.495 e. The van der Waals surface area contributed by atoms with Crippen molar-refractivity contribution >= 4 is 11.9 Å². The van der Waals surface area contributed by atoms with Gasteiger partial charge in [0.2, 0.25) is 11.4 Å². The number of halogens is 3. The monoisotopic (exact) mass is 716 g/mol. The largest absolute Gasteiger partial charge is 0.573 e. The summed E-state index contributed by atoms with van der Waals surface area (Å²) in [4.78, 5) is 34.2. The third-order valence-corrected chi connectivity index (χ3v) is 6.59. The lowest BCUT2D eigenvalue weighted by Crippen LogP contribution is -2.17. The lowest BCUT2D eigenvalue weighted by Gasteiger charge is -2.12. The molecule has 0 radical (unpaired) electrons. The zero-order valence-corrected chi connectivity index (χ0v) is 26.2. The molecule has 6 aromatic rings. The van der Waals surface area contributed by atoms with Gasteiger partial charge in [0.05, 0.1) is 30.1 Å². The van der Waals surface area contributed by atoms with E-state index >= 15 is 0 Å². The van der Waals surface area contributed by atoms with Crippen molar-refractivity contribution in [1.29, 1.82) is 0 Å². The van der Waals surface area contributed by atoms with Gasteiger partial charge < -0.3 is 38.7 Å². The van der Waals surface area contributed by atoms with E-state index in [2.05, 4.69) is 74.2 Å². The summed E-state index contributed by atoms with van der Waals surface area (Å²) in [6.07, 6.45) is -2.01. The van der Waals surface area contributed by atoms with E-state index in [0.29, 0.717) is 28.5 Å². The van der Waals surface area contributed by atoms with E-state index in [4.69, 9.17) is 19.3 Å². The van der Waals surface area contributed by atoms with Crippen molar-refractivity contribution in [3.05, 3.63) is 83.0 Å². The molecular formula is C31H19F3N10O8. The first-order chi connectivity index (χ1) is 24.9. The van der Waals surface area contributed by atoms with Gasteiger partial charge in [-0.1, -0.05) is 32.5 Å². The van der Waals surface area contributed by atoms with Gasteiger partial charge in [-0.15, -0.1) is 13.2 Å². The van der Waals surface area contributed by atoms with Crippen LogP contribution in [0.2, 0.25) is 0 Å². The van der Waals surface area contributed by atoms with Crippen LogP contribution in [0.1, 0.15) is 43.8 Å². The van der Waals surface area contributed by atoms with E-state index in [1.165, 1.54) is 37.6 Å². The number of carbonyl (C=O) groups is 2. The van der Waals surface area contributed by atoms with Crippen LogP contribution in [0.15, 0.2) is 48.8 Å². The molecule has 21 heteroatoms. The Hall–Kier alpha value is -7.81. The minimum atomic E-state index is -5.09. The molecule has 0 bridgehead atoms. The number of H-pyrrole nitrogens is 3. The molecule has 4 aromatic heterocycles. The molecule has 5 N–H and O–H groups in total. The van der Waals surface area contributed by atoms with E-state index in [0.717, 1.165) is 6.07 Å². The number of aromatic carboxylic acids is 2. The van der Waals surface area contributed by atoms with Crippen LogP contribution in [0.5, 0.6) is 34.8 Å². The van der Waals surface area contributed by atoms with Gasteiger partial charge >= 0.3 is 18.3 Å². The van der Waals surface area contributed by atoms with E-state index in [1.807, 2.05) is 0 Å². The van der Waals surface area contributed by atoms with Gasteiger partial charge in [-0.2, -0.15) is 0 Å². The van der Waals surface area contributed by atoms with Gasteiger partial charge in [0.1, 0.15) is 28.7 Å². The highest BCUT2D eigenvalue weighted by Crippen LogP contribution is 2.32. The van der Waals surface area contributed by atoms with Crippen LogP contribution in [-0.4, -0.2) is 86.0 Å². The smallest absolute Gasteiger partial charge is 0.495 e. The Morgan fingerprint density at radius 2 is 1.48 bits per heavy atom. The predicted molar refractivity (Wildman–Crippen MR) is 166 cm³/mol. The second-order valence-electron chi connectivity index (χ2n) is 10.1. The first kappa shape index (κ1) is 34.1. The molecule has 0 saturated heterocycles. The number of hydrogen-bond donors (Lipinski definition) is 5. The van der Waals surface area contributed by atoms with E-state index < -0.39 is 35.6 Å². The average Bonchev–Trinajstić information content (AvgIpc) is 3.91. The summed E-state index contributed by atoms with van der Waals surface area (Å²) in [5, 5.41) is 36.6. The topological polar surface area (TPSA) is 241 Å². The summed E-state index contributed by atoms with van der Waals surface area (Å²) in [7, 11) is 3.15. The van der Waals surface area contributed by atoms with Crippen LogP contribution < -0.4 is 18.9 Å². The first-order valence-electron chi connectivity index (χ1n) is 14.2. The van der Waals surface area contributed by atoms with Gasteiger partial charge in [-0.3, -0.25) is 0 Å². The molecule has 0 unspecified atom stereocenters. The number of methoxy groups -OCH3 is 1. The van der Waals surface area contributed by atoms with Crippen LogP contribution in [0.25, 0.3) is 11.4 Å². The van der Waals surface area contributed by atoms with Gasteiger partial charge in [0.25, 0.3) is 11.8 Å². The predicted octanol–water partition coefficient (Wildman–Crippen LogP) is 3.73. The number of benzene rings is 2. The third-order valence-electron chi connectivity index (χ3n) is 6.59. The third kappa shape index (κ3) is 7.74. The lowest BCUT2D eigenvalue weighted by molar-refractivity contribution is -0.274. The molecule has 0 atom stereocenters. The number of nitrogens with zero attached hydrogens (tertiary/aromatic N) is 7. The molecule has 262 valence electrons. The Kier molecular flexibility index (Phi) is 9.15. The molecule has 4 heterocycles. The number of nitrogens with one attached hydrogen (secondary N) is 3. The number of ether oxygens (including phenoxy) is 4. The number of carboxylic acid groups (broad SMARTS) is 2. The Bertz CT molecular complexity index is 2440. The number of aryl methyl sites for hydroxylation is 1. The number of alkyl halides is 3. The zero-order chi connectivity index (χ0) is 37.0. The van der Waals surface area contributed by atoms with Crippen LogP contribution >= 0.6 is 0 Å². The number of carboxylic acids is 2. The molecule has 0 fully saturated rings. The summed E-state index contributed by atoms with van der Waals surface area (Å²) in [6.45, 7) is 0. The van der Waals surface area contributed by atoms with Crippen molar-refractivity contribution in [3.8, 4) is 69.8 Å². The first-order valence-corrected chi connectivity index (χ1v) is 14.2. The normalized spacial score (nSPS) is 10.8. The molecular weight excluding hydrogens is 697 g/mol. The highest BCUT2D eigenvalue weighted by atomic mass is 19.4. The van der Waals surface area contributed by atoms with Gasteiger partial charge in [0.15, 0.2) is 11.6 Å². The number of rotatable bonds is 9. The Morgan fingerprint density at radius 3 is 2.12 bits per heavy atom. The second-order valence-corrected chi connectivity index (χ2v) is 10.1. The Labute approximate surface area is 287 Å². The van der Waals surface area contributed by atoms with Crippen LogP contribution in [0.3, 0.4) is 0 Å². The summed E-state index contributed by atoms with van der Waals surface area (Å²) in [5.41, 5.74) is 0.188. The number of hydrogen-bond acceptors (Lipinski definition) is 12. The minimum absolute atomic E-state index is 0.0833. The molecule has 0 spiro atoms. The Morgan fingerprint density at radius 1 is 0.846 bits per heavy atom. The van der Waals surface area contributed by atoms with Crippen LogP contribution in [0.4, 0.5) is 13.2 Å². The molecule has 52 heavy (non-hydrogen) atoms. The maximum atomic E-state index is 13.2. The van der Waals surface area contributed by atoms with Crippen molar-refractivity contribution < 1.29 is 51.9 Å². The molecule has 18 nitrogen and oxygen atoms in total. The fourth-order valence-corrected chi connectivity index (χ4v) is 4.28. The van der Waals surface area contributed by atoms with Gasteiger partial charge in [0, 0.05) is 25.4 Å². The fourth-order valence-electron chi connectivity index (χ4n) is 4.28. The maximum Gasteiger partial charge on any atom is 0.573 e. The van der Waals surface area contributed by atoms with Crippen LogP contribution in [0, 0.1) is 23.7 Å². The summed E-state index contributed by atoms with van der Waals surface area (Å²) >= 11 is 0. The maximum absolute atomic E-state index is 13.2. The SMILES string of the molecule is COc1ccc(Oc2nn[nH]c2C(=O)O)cc1C#Cc1nc(-c2cnc(C#Cc3ccc(Oc4nn[nH]c4C(=O)O)cc3OC(F)(F)F)[nH]2)cn1C. The van der Waals surface area contributed by atoms with Crippen molar-refractivity contribution in [2.45, 2.75) is 6.36 Å². The summed E-state index contributed by atoms with van der Waals surface area (Å²) < 4.78 is 61.6. The lowest BCUT2D eigenvalue weighted by atomic mass is 10.2. The summed E-state index contributed by atoms with van der Waals surface area (Å²) in [6, 6.07) is 7.92. The molecule has 0 amide bonds. The van der Waals surface area contributed by atoms with Gasteiger partial charge in [-0.05, 0) is 36.1 Å².